The lowest BCUT2D eigenvalue weighted by Gasteiger charge is -2.19. The Morgan fingerprint density at radius 1 is 0.972 bits per heavy atom. The van der Waals surface area contributed by atoms with Gasteiger partial charge in [0.2, 0.25) is 5.91 Å². The lowest BCUT2D eigenvalue weighted by atomic mass is 9.95. The molecule has 0 aliphatic heterocycles. The van der Waals surface area contributed by atoms with Crippen molar-refractivity contribution in [2.45, 2.75) is 20.8 Å². The summed E-state index contributed by atoms with van der Waals surface area (Å²) in [7, 11) is 0. The first-order valence-electron chi connectivity index (χ1n) is 11.5. The maximum absolute atomic E-state index is 13.7. The van der Waals surface area contributed by atoms with E-state index in [9.17, 15) is 4.79 Å². The molecule has 0 aliphatic carbocycles. The van der Waals surface area contributed by atoms with Gasteiger partial charge in [-0.1, -0.05) is 20.8 Å². The van der Waals surface area contributed by atoms with Crippen LogP contribution in [0.1, 0.15) is 25.6 Å². The highest BCUT2D eigenvalue weighted by Gasteiger charge is 2.24. The molecule has 0 unspecified atom stereocenters. The minimum atomic E-state index is -0.610. The second kappa shape index (κ2) is 7.28. The first-order valence-corrected chi connectivity index (χ1v) is 12.3. The van der Waals surface area contributed by atoms with Gasteiger partial charge in [0.25, 0.3) is 0 Å². The number of hydrogen-bond donors (Lipinski definition) is 2. The Bertz CT molecular complexity index is 2070. The molecule has 0 saturated heterocycles. The topological polar surface area (TPSA) is 118 Å². The summed E-state index contributed by atoms with van der Waals surface area (Å²) in [6.07, 6.45) is 6.99. The summed E-state index contributed by atoms with van der Waals surface area (Å²) in [6, 6.07) is 9.76. The third kappa shape index (κ3) is 3.07. The van der Waals surface area contributed by atoms with E-state index in [-0.39, 0.29) is 5.91 Å². The summed E-state index contributed by atoms with van der Waals surface area (Å²) >= 11 is 1.49. The molecule has 0 atom stereocenters. The Labute approximate surface area is 207 Å². The molecule has 7 aromatic rings. The summed E-state index contributed by atoms with van der Waals surface area (Å²) in [4.78, 5) is 36.6. The van der Waals surface area contributed by atoms with E-state index < -0.39 is 5.41 Å². The van der Waals surface area contributed by atoms with Crippen molar-refractivity contribution in [2.24, 2.45) is 5.41 Å². The zero-order valence-electron chi connectivity index (χ0n) is 19.7. The van der Waals surface area contributed by atoms with Crippen LogP contribution in [0, 0.1) is 5.41 Å². The van der Waals surface area contributed by atoms with Crippen molar-refractivity contribution in [1.82, 2.24) is 39.7 Å². The molecule has 176 valence electrons. The predicted octanol–water partition coefficient (Wildman–Crippen LogP) is 5.91. The highest BCUT2D eigenvalue weighted by atomic mass is 32.1. The summed E-state index contributed by atoms with van der Waals surface area (Å²) in [5.74, 6) is -0.0343. The number of rotatable bonds is 0. The number of carbonyl (C=O) groups is 1. The highest BCUT2D eigenvalue weighted by Crippen LogP contribution is 2.30. The van der Waals surface area contributed by atoms with Gasteiger partial charge in [-0.05, 0) is 30.3 Å². The molecule has 7 heterocycles. The van der Waals surface area contributed by atoms with Gasteiger partial charge >= 0.3 is 0 Å². The zero-order valence-corrected chi connectivity index (χ0v) is 20.5. The van der Waals surface area contributed by atoms with Gasteiger partial charge in [-0.15, -0.1) is 11.3 Å². The average molecular weight is 493 g/mol. The van der Waals surface area contributed by atoms with Gasteiger partial charge < -0.3 is 4.98 Å². The number of carbonyl (C=O) groups excluding carboxylic acids is 1. The third-order valence-corrected chi connectivity index (χ3v) is 7.32. The van der Waals surface area contributed by atoms with E-state index in [1.54, 1.807) is 29.4 Å². The van der Waals surface area contributed by atoms with E-state index in [1.165, 1.54) is 11.3 Å². The van der Waals surface area contributed by atoms with Crippen LogP contribution < -0.4 is 0 Å². The van der Waals surface area contributed by atoms with E-state index in [1.807, 2.05) is 51.1 Å². The fourth-order valence-corrected chi connectivity index (χ4v) is 5.45. The Hall–Kier alpha value is -4.44. The standard InChI is InChI=1S/C26H20N8OS/c1-26(2,3)25(35)34-14-8-13(10-27-11-14)17-9-15-18(12-29-17)32-33-21(15)24-30-16-6-7-28-23(22(16)31-24)19-4-5-20(34)36-19/h4-12H,1-3H3,(H,30,31)(H,32,33). The van der Waals surface area contributed by atoms with Crippen molar-refractivity contribution < 1.29 is 4.79 Å². The van der Waals surface area contributed by atoms with Crippen molar-refractivity contribution in [1.29, 1.82) is 0 Å². The van der Waals surface area contributed by atoms with Crippen molar-refractivity contribution in [3.63, 3.8) is 0 Å². The van der Waals surface area contributed by atoms with Crippen LogP contribution in [0.25, 0.3) is 64.6 Å². The van der Waals surface area contributed by atoms with Crippen LogP contribution in [-0.2, 0) is 0 Å². The van der Waals surface area contributed by atoms with E-state index in [4.69, 9.17) is 4.98 Å². The number of imidazole rings is 1. The minimum absolute atomic E-state index is 0.0343. The largest absolute Gasteiger partial charge is 0.336 e. The predicted molar refractivity (Wildman–Crippen MR) is 143 cm³/mol. The fourth-order valence-electron chi connectivity index (χ4n) is 4.43. The van der Waals surface area contributed by atoms with E-state index in [2.05, 4.69) is 30.1 Å². The molecular formula is C26H20N8OS. The number of fused-ring (bicyclic) bond motifs is 9. The molecule has 9 nitrogen and oxygen atoms in total. The second-order valence-electron chi connectivity index (χ2n) is 9.79. The van der Waals surface area contributed by atoms with Crippen molar-refractivity contribution in [3.05, 3.63) is 55.1 Å². The summed E-state index contributed by atoms with van der Waals surface area (Å²) in [5.41, 5.74) is 5.29. The van der Waals surface area contributed by atoms with Gasteiger partial charge in [0.05, 0.1) is 39.2 Å². The summed E-state index contributed by atoms with van der Waals surface area (Å²) < 4.78 is 2.65. The summed E-state index contributed by atoms with van der Waals surface area (Å²) in [5, 5.41) is 9.27. The number of aromatic amines is 2. The number of H-pyrrole nitrogens is 2. The lowest BCUT2D eigenvalue weighted by Crippen LogP contribution is -2.26. The maximum Gasteiger partial charge on any atom is 0.237 e. The van der Waals surface area contributed by atoms with Gasteiger partial charge in [-0.2, -0.15) is 5.10 Å². The van der Waals surface area contributed by atoms with Crippen molar-refractivity contribution in [3.8, 4) is 0 Å². The van der Waals surface area contributed by atoms with Crippen LogP contribution in [0.2, 0.25) is 0 Å². The van der Waals surface area contributed by atoms with Gasteiger partial charge in [0.1, 0.15) is 21.4 Å². The third-order valence-electron chi connectivity index (χ3n) is 6.24. The monoisotopic (exact) mass is 492 g/mol. The molecule has 0 spiro atoms. The number of nitrogens with zero attached hydrogens (tertiary/aromatic N) is 6. The molecule has 0 aliphatic rings. The molecule has 2 N–H and O–H groups in total. The Morgan fingerprint density at radius 3 is 2.72 bits per heavy atom. The molecule has 0 saturated carbocycles. The van der Waals surface area contributed by atoms with Crippen LogP contribution in [0.15, 0.2) is 55.1 Å². The maximum atomic E-state index is 13.7. The molecule has 36 heavy (non-hydrogen) atoms. The first-order chi connectivity index (χ1) is 17.4. The van der Waals surface area contributed by atoms with Crippen LogP contribution in [0.4, 0.5) is 0 Å². The van der Waals surface area contributed by atoms with Gasteiger partial charge in [-0.25, -0.2) is 4.98 Å². The lowest BCUT2D eigenvalue weighted by molar-refractivity contribution is 0.0778. The minimum Gasteiger partial charge on any atom is -0.336 e. The number of pyridine rings is 3. The van der Waals surface area contributed by atoms with Crippen LogP contribution >= 0.6 is 11.3 Å². The average Bonchev–Trinajstić information content (AvgIpc) is 3.60. The number of aromatic nitrogens is 8. The molecular weight excluding hydrogens is 472 g/mol. The SMILES string of the molecule is CC(C)(C)C(=O)n1c2cncc(c2)c2cc3c(cn2)[nH]nc3c2nc3c(ccnc3c3ccc1s3)[nH]2. The van der Waals surface area contributed by atoms with E-state index in [0.717, 1.165) is 47.9 Å². The molecule has 0 aromatic carbocycles. The Morgan fingerprint density at radius 2 is 1.86 bits per heavy atom. The molecule has 0 fully saturated rings. The molecule has 8 bridgehead atoms. The molecule has 0 amide bonds. The van der Waals surface area contributed by atoms with Crippen LogP contribution in [0.5, 0.6) is 0 Å². The highest BCUT2D eigenvalue weighted by molar-refractivity contribution is 7.24. The van der Waals surface area contributed by atoms with E-state index >= 15 is 0 Å². The molecule has 7 aromatic heterocycles. The Kier molecular flexibility index (Phi) is 4.23. The van der Waals surface area contributed by atoms with Gasteiger partial charge in [0, 0.05) is 28.6 Å². The number of nitrogens with one attached hydrogen (secondary N) is 2. The van der Waals surface area contributed by atoms with Crippen LogP contribution in [-0.4, -0.2) is 45.6 Å². The first kappa shape index (κ1) is 20.9. The Balaban J connectivity index is 1.77. The fraction of sp³-hybridized carbons (Fsp3) is 0.154. The normalized spacial score (nSPS) is 12.4. The summed E-state index contributed by atoms with van der Waals surface area (Å²) in [6.45, 7) is 5.75. The number of hydrogen-bond acceptors (Lipinski definition) is 7. The van der Waals surface area contributed by atoms with E-state index in [0.29, 0.717) is 16.7 Å². The zero-order chi connectivity index (χ0) is 24.6. The van der Waals surface area contributed by atoms with Crippen LogP contribution in [0.3, 0.4) is 0 Å². The molecule has 0 radical (unpaired) electrons. The molecule has 7 rings (SSSR count). The van der Waals surface area contributed by atoms with Gasteiger partial charge in [-0.3, -0.25) is 29.4 Å². The molecule has 10 heteroatoms. The van der Waals surface area contributed by atoms with Crippen molar-refractivity contribution in [2.75, 3.05) is 0 Å². The smallest absolute Gasteiger partial charge is 0.237 e. The second-order valence-corrected chi connectivity index (χ2v) is 10.9. The van der Waals surface area contributed by atoms with Crippen molar-refractivity contribution >= 4 is 81.8 Å². The number of thiophene rings is 1. The quantitative estimate of drug-likeness (QED) is 0.272. The van der Waals surface area contributed by atoms with Gasteiger partial charge in [0.15, 0.2) is 5.65 Å².